The van der Waals surface area contributed by atoms with E-state index in [9.17, 15) is 4.79 Å². The van der Waals surface area contributed by atoms with Crippen LogP contribution in [0.4, 0.5) is 5.82 Å². The molecular formula is C18H31N3O2. The first-order valence-electron chi connectivity index (χ1n) is 8.81. The van der Waals surface area contributed by atoms with Gasteiger partial charge in [0, 0.05) is 32.4 Å². The maximum Gasteiger partial charge on any atom is 0.225 e. The Hall–Kier alpha value is -1.33. The third-order valence-corrected chi connectivity index (χ3v) is 4.71. The zero-order valence-corrected chi connectivity index (χ0v) is 14.7. The van der Waals surface area contributed by atoms with E-state index in [-0.39, 0.29) is 5.91 Å². The molecule has 1 fully saturated rings. The minimum atomic E-state index is 0.0733. The Labute approximate surface area is 139 Å². The van der Waals surface area contributed by atoms with E-state index in [4.69, 9.17) is 4.74 Å². The van der Waals surface area contributed by atoms with Crippen LogP contribution in [0, 0.1) is 0 Å². The number of anilines is 1. The molecule has 2 heterocycles. The number of hydrogen-bond donors (Lipinski definition) is 2. The number of likely N-dealkylation sites (tertiary alicyclic amines) is 1. The summed E-state index contributed by atoms with van der Waals surface area (Å²) in [5, 5.41) is 2.96. The maximum absolute atomic E-state index is 11.9. The summed E-state index contributed by atoms with van der Waals surface area (Å²) in [6.45, 7) is 7.56. The van der Waals surface area contributed by atoms with Gasteiger partial charge in [0.2, 0.25) is 5.91 Å². The van der Waals surface area contributed by atoms with Crippen molar-refractivity contribution in [2.45, 2.75) is 57.9 Å². The van der Waals surface area contributed by atoms with Gasteiger partial charge in [0.15, 0.2) is 0 Å². The number of nitrogens with one attached hydrogen (secondary N) is 2. The predicted octanol–water partition coefficient (Wildman–Crippen LogP) is 3.36. The summed E-state index contributed by atoms with van der Waals surface area (Å²) in [5.74, 6) is 1.50. The van der Waals surface area contributed by atoms with Crippen LogP contribution in [-0.2, 0) is 9.53 Å². The number of hydrogen-bond acceptors (Lipinski definition) is 3. The average molecular weight is 321 g/mol. The first-order valence-corrected chi connectivity index (χ1v) is 8.81. The zero-order chi connectivity index (χ0) is 16.7. The highest BCUT2D eigenvalue weighted by Gasteiger charge is 2.22. The van der Waals surface area contributed by atoms with Crippen LogP contribution in [0.1, 0.15) is 57.4 Å². The van der Waals surface area contributed by atoms with Crippen LogP contribution in [0.25, 0.3) is 0 Å². The van der Waals surface area contributed by atoms with Crippen molar-refractivity contribution in [1.82, 2.24) is 9.88 Å². The Kier molecular flexibility index (Phi) is 7.12. The molecule has 0 atom stereocenters. The van der Waals surface area contributed by atoms with Gasteiger partial charge in [-0.25, -0.2) is 0 Å². The van der Waals surface area contributed by atoms with E-state index < -0.39 is 0 Å². The fourth-order valence-corrected chi connectivity index (χ4v) is 3.21. The molecular weight excluding hydrogens is 290 g/mol. The van der Waals surface area contributed by atoms with Crippen LogP contribution in [0.2, 0.25) is 0 Å². The number of H-pyrrole nitrogens is 1. The Bertz CT molecular complexity index is 476. The number of piperidine rings is 1. The van der Waals surface area contributed by atoms with E-state index in [1.165, 1.54) is 18.4 Å². The first-order chi connectivity index (χ1) is 11.1. The molecule has 1 aliphatic rings. The second-order valence-electron chi connectivity index (χ2n) is 6.75. The summed E-state index contributed by atoms with van der Waals surface area (Å²) in [7, 11) is 1.69. The molecule has 2 N–H and O–H groups in total. The number of rotatable bonds is 8. The molecule has 0 spiro atoms. The van der Waals surface area contributed by atoms with Crippen molar-refractivity contribution in [3.05, 3.63) is 17.8 Å². The van der Waals surface area contributed by atoms with E-state index >= 15 is 0 Å². The number of nitrogens with zero attached hydrogens (tertiary/aromatic N) is 1. The minimum Gasteiger partial charge on any atom is -0.385 e. The summed E-state index contributed by atoms with van der Waals surface area (Å²) in [6.07, 6.45) is 6.77. The van der Waals surface area contributed by atoms with E-state index in [1.54, 1.807) is 7.11 Å². The fraction of sp³-hybridized carbons (Fsp3) is 0.722. The fourth-order valence-electron chi connectivity index (χ4n) is 3.21. The summed E-state index contributed by atoms with van der Waals surface area (Å²) in [5.41, 5.74) is 1.32. The maximum atomic E-state index is 11.9. The van der Waals surface area contributed by atoms with E-state index in [2.05, 4.69) is 41.3 Å². The average Bonchev–Trinajstić information content (AvgIpc) is 3.00. The van der Waals surface area contributed by atoms with Crippen molar-refractivity contribution < 1.29 is 9.53 Å². The molecule has 0 aromatic carbocycles. The SMILES string of the molecule is COCCCCC(=O)Nc1cc(C2CCN(C(C)C)CC2)c[nH]1. The van der Waals surface area contributed by atoms with E-state index in [1.807, 2.05) is 0 Å². The molecule has 1 aromatic rings. The molecule has 130 valence electrons. The van der Waals surface area contributed by atoms with Crippen LogP contribution in [0.3, 0.4) is 0 Å². The summed E-state index contributed by atoms with van der Waals surface area (Å²) >= 11 is 0. The monoisotopic (exact) mass is 321 g/mol. The van der Waals surface area contributed by atoms with E-state index in [0.717, 1.165) is 38.4 Å². The molecule has 1 aliphatic heterocycles. The molecule has 23 heavy (non-hydrogen) atoms. The lowest BCUT2D eigenvalue weighted by atomic mass is 9.91. The normalized spacial score (nSPS) is 16.9. The van der Waals surface area contributed by atoms with Gasteiger partial charge in [-0.3, -0.25) is 4.79 Å². The Morgan fingerprint density at radius 3 is 2.78 bits per heavy atom. The summed E-state index contributed by atoms with van der Waals surface area (Å²) in [4.78, 5) is 17.6. The topological polar surface area (TPSA) is 57.4 Å². The molecule has 1 saturated heterocycles. The molecule has 5 nitrogen and oxygen atoms in total. The van der Waals surface area contributed by atoms with Crippen LogP contribution in [0.15, 0.2) is 12.3 Å². The summed E-state index contributed by atoms with van der Waals surface area (Å²) < 4.78 is 4.99. The highest BCUT2D eigenvalue weighted by Crippen LogP contribution is 2.30. The van der Waals surface area contributed by atoms with Gasteiger partial charge in [-0.1, -0.05) is 0 Å². The molecule has 1 amide bonds. The molecule has 2 rings (SSSR count). The lowest BCUT2D eigenvalue weighted by Gasteiger charge is -2.34. The number of methoxy groups -OCH3 is 1. The highest BCUT2D eigenvalue weighted by atomic mass is 16.5. The van der Waals surface area contributed by atoms with E-state index in [0.29, 0.717) is 18.4 Å². The molecule has 0 unspecified atom stereocenters. The first kappa shape index (κ1) is 18.0. The molecule has 5 heteroatoms. The largest absolute Gasteiger partial charge is 0.385 e. The number of unbranched alkanes of at least 4 members (excludes halogenated alkanes) is 1. The van der Waals surface area contributed by atoms with Gasteiger partial charge in [-0.15, -0.1) is 0 Å². The van der Waals surface area contributed by atoms with Gasteiger partial charge in [0.05, 0.1) is 0 Å². The van der Waals surface area contributed by atoms with Gasteiger partial charge < -0.3 is 19.9 Å². The Morgan fingerprint density at radius 1 is 1.39 bits per heavy atom. The second kappa shape index (κ2) is 9.08. The zero-order valence-electron chi connectivity index (χ0n) is 14.7. The van der Waals surface area contributed by atoms with Crippen molar-refractivity contribution in [3.63, 3.8) is 0 Å². The molecule has 0 saturated carbocycles. The quantitative estimate of drug-likeness (QED) is 0.722. The Balaban J connectivity index is 1.76. The Morgan fingerprint density at radius 2 is 2.13 bits per heavy atom. The van der Waals surface area contributed by atoms with Crippen LogP contribution < -0.4 is 5.32 Å². The molecule has 0 aliphatic carbocycles. The number of carbonyl (C=O) groups is 1. The number of carbonyl (C=O) groups excluding carboxylic acids is 1. The van der Waals surface area contributed by atoms with Crippen LogP contribution >= 0.6 is 0 Å². The summed E-state index contributed by atoms with van der Waals surface area (Å²) in [6, 6.07) is 2.73. The smallest absolute Gasteiger partial charge is 0.225 e. The van der Waals surface area contributed by atoms with Gasteiger partial charge >= 0.3 is 0 Å². The van der Waals surface area contributed by atoms with Gasteiger partial charge in [0.25, 0.3) is 0 Å². The molecule has 0 radical (unpaired) electrons. The lowest BCUT2D eigenvalue weighted by Crippen LogP contribution is -2.37. The van der Waals surface area contributed by atoms with Crippen LogP contribution in [0.5, 0.6) is 0 Å². The minimum absolute atomic E-state index is 0.0733. The van der Waals surface area contributed by atoms with Crippen molar-refractivity contribution >= 4 is 11.7 Å². The van der Waals surface area contributed by atoms with Crippen molar-refractivity contribution in [3.8, 4) is 0 Å². The van der Waals surface area contributed by atoms with Crippen molar-refractivity contribution in [2.24, 2.45) is 0 Å². The highest BCUT2D eigenvalue weighted by molar-refractivity contribution is 5.89. The van der Waals surface area contributed by atoms with Crippen molar-refractivity contribution in [2.75, 3.05) is 32.1 Å². The standard InChI is InChI=1S/C18H31N3O2/c1-14(2)21-9-7-15(8-10-21)16-12-17(19-13-16)20-18(22)6-4-5-11-23-3/h12-15,19H,4-11H2,1-3H3,(H,20,22). The van der Waals surface area contributed by atoms with Crippen molar-refractivity contribution in [1.29, 1.82) is 0 Å². The third kappa shape index (κ3) is 5.66. The lowest BCUT2D eigenvalue weighted by molar-refractivity contribution is -0.116. The van der Waals surface area contributed by atoms with Gasteiger partial charge in [0.1, 0.15) is 5.82 Å². The van der Waals surface area contributed by atoms with Gasteiger partial charge in [-0.2, -0.15) is 0 Å². The predicted molar refractivity (Wildman–Crippen MR) is 93.8 cm³/mol. The third-order valence-electron chi connectivity index (χ3n) is 4.71. The number of aromatic nitrogens is 1. The number of ether oxygens (including phenoxy) is 1. The number of aromatic amines is 1. The van der Waals surface area contributed by atoms with Gasteiger partial charge in [-0.05, 0) is 70.2 Å². The molecule has 1 aromatic heterocycles. The van der Waals surface area contributed by atoms with Crippen LogP contribution in [-0.4, -0.2) is 48.6 Å². The molecule has 0 bridgehead atoms. The number of amides is 1. The second-order valence-corrected chi connectivity index (χ2v) is 6.75.